The predicted molar refractivity (Wildman–Crippen MR) is 90.5 cm³/mol. The van der Waals surface area contributed by atoms with Gasteiger partial charge in [-0.1, -0.05) is 32.6 Å². The van der Waals surface area contributed by atoms with Gasteiger partial charge in [0.15, 0.2) is 4.77 Å². The number of nitrogens with one attached hydrogen (secondary N) is 1. The molecule has 2 nitrogen and oxygen atoms in total. The van der Waals surface area contributed by atoms with Crippen LogP contribution in [0.3, 0.4) is 0 Å². The van der Waals surface area contributed by atoms with Gasteiger partial charge in [0, 0.05) is 12.6 Å². The molecule has 0 amide bonds. The van der Waals surface area contributed by atoms with E-state index in [9.17, 15) is 4.39 Å². The summed E-state index contributed by atoms with van der Waals surface area (Å²) in [5.41, 5.74) is 1.76. The largest absolute Gasteiger partial charge is 0.330 e. The van der Waals surface area contributed by atoms with Gasteiger partial charge < -0.3 is 9.55 Å². The van der Waals surface area contributed by atoms with Crippen molar-refractivity contribution in [2.45, 2.75) is 45.6 Å². The molecule has 1 heterocycles. The second-order valence-corrected chi connectivity index (χ2v) is 7.52. The summed E-state index contributed by atoms with van der Waals surface area (Å²) in [6, 6.07) is 3.33. The molecule has 0 bridgehead atoms. The Morgan fingerprint density at radius 3 is 2.76 bits per heavy atom. The highest BCUT2D eigenvalue weighted by atomic mass is 79.9. The third-order valence-corrected chi connectivity index (χ3v) is 5.64. The van der Waals surface area contributed by atoms with Crippen LogP contribution in [-0.2, 0) is 6.54 Å². The van der Waals surface area contributed by atoms with E-state index < -0.39 is 0 Å². The summed E-state index contributed by atoms with van der Waals surface area (Å²) in [7, 11) is 0. The van der Waals surface area contributed by atoms with E-state index >= 15 is 0 Å². The Kier molecular flexibility index (Phi) is 4.50. The fourth-order valence-corrected chi connectivity index (χ4v) is 3.93. The van der Waals surface area contributed by atoms with Crippen molar-refractivity contribution in [1.82, 2.24) is 9.55 Å². The van der Waals surface area contributed by atoms with Crippen molar-refractivity contribution in [3.05, 3.63) is 27.2 Å². The Balaban J connectivity index is 1.79. The van der Waals surface area contributed by atoms with E-state index in [1.807, 2.05) is 6.07 Å². The number of nitrogens with zero attached hydrogens (tertiary/aromatic N) is 1. The van der Waals surface area contributed by atoms with E-state index in [0.717, 1.165) is 35.8 Å². The average molecular weight is 371 g/mol. The molecular weight excluding hydrogens is 351 g/mol. The van der Waals surface area contributed by atoms with Crippen LogP contribution in [0.25, 0.3) is 11.0 Å². The number of hydrogen-bond donors (Lipinski definition) is 1. The summed E-state index contributed by atoms with van der Waals surface area (Å²) in [5.74, 6) is 1.43. The van der Waals surface area contributed by atoms with Crippen LogP contribution in [0, 0.1) is 22.4 Å². The molecule has 1 aromatic carbocycles. The number of aryl methyl sites for hydroxylation is 1. The summed E-state index contributed by atoms with van der Waals surface area (Å²) in [5, 5.41) is 0. The number of hydrogen-bond acceptors (Lipinski definition) is 1. The van der Waals surface area contributed by atoms with Crippen molar-refractivity contribution in [1.29, 1.82) is 0 Å². The minimum absolute atomic E-state index is 0.257. The molecule has 1 aromatic heterocycles. The van der Waals surface area contributed by atoms with Gasteiger partial charge in [0.05, 0.1) is 15.5 Å². The molecule has 114 valence electrons. The fraction of sp³-hybridized carbons (Fsp3) is 0.562. The lowest BCUT2D eigenvalue weighted by atomic mass is 9.81. The Bertz CT molecular complexity index is 698. The zero-order valence-electron chi connectivity index (χ0n) is 12.2. The van der Waals surface area contributed by atoms with Gasteiger partial charge in [-0.15, -0.1) is 0 Å². The van der Waals surface area contributed by atoms with Crippen LogP contribution in [0.5, 0.6) is 0 Å². The Labute approximate surface area is 137 Å². The number of imidazole rings is 1. The second-order valence-electron chi connectivity index (χ2n) is 6.28. The van der Waals surface area contributed by atoms with Crippen LogP contribution in [0.1, 0.15) is 39.0 Å². The van der Waals surface area contributed by atoms with E-state index in [1.54, 1.807) is 0 Å². The lowest BCUT2D eigenvalue weighted by molar-refractivity contribution is 0.269. The minimum atomic E-state index is -0.257. The molecule has 0 radical (unpaired) electrons. The van der Waals surface area contributed by atoms with Crippen molar-refractivity contribution < 1.29 is 4.39 Å². The maximum absolute atomic E-state index is 13.6. The summed E-state index contributed by atoms with van der Waals surface area (Å²) >= 11 is 8.65. The molecule has 2 aromatic rings. The lowest BCUT2D eigenvalue weighted by Gasteiger charge is -2.26. The van der Waals surface area contributed by atoms with Gasteiger partial charge in [0.2, 0.25) is 0 Å². The van der Waals surface area contributed by atoms with Gasteiger partial charge in [-0.2, -0.15) is 0 Å². The summed E-state index contributed by atoms with van der Waals surface area (Å²) < 4.78 is 16.9. The normalized spacial score (nSPS) is 22.8. The number of halogens is 2. The van der Waals surface area contributed by atoms with Gasteiger partial charge in [-0.3, -0.25) is 0 Å². The van der Waals surface area contributed by atoms with Crippen LogP contribution < -0.4 is 0 Å². The van der Waals surface area contributed by atoms with Gasteiger partial charge >= 0.3 is 0 Å². The first-order chi connectivity index (χ1) is 10.0. The number of fused-ring (bicyclic) bond motifs is 1. The number of benzene rings is 1. The van der Waals surface area contributed by atoms with Crippen LogP contribution in [-0.4, -0.2) is 9.55 Å². The molecule has 3 rings (SSSR count). The van der Waals surface area contributed by atoms with E-state index in [4.69, 9.17) is 12.2 Å². The molecule has 1 aliphatic rings. The molecule has 1 aliphatic carbocycles. The van der Waals surface area contributed by atoms with Gasteiger partial charge in [0.1, 0.15) is 5.82 Å². The van der Waals surface area contributed by atoms with Crippen molar-refractivity contribution in [3.63, 3.8) is 0 Å². The third kappa shape index (κ3) is 3.24. The quantitative estimate of drug-likeness (QED) is 0.675. The van der Waals surface area contributed by atoms with Crippen LogP contribution in [0.2, 0.25) is 0 Å². The average Bonchev–Trinajstić information content (AvgIpc) is 2.74. The van der Waals surface area contributed by atoms with Crippen molar-refractivity contribution in [2.75, 3.05) is 0 Å². The molecular formula is C16H20BrFN2S. The summed E-state index contributed by atoms with van der Waals surface area (Å²) in [6.07, 6.45) is 6.51. The summed E-state index contributed by atoms with van der Waals surface area (Å²) in [6.45, 7) is 3.26. The highest BCUT2D eigenvalue weighted by Gasteiger charge is 2.18. The van der Waals surface area contributed by atoms with Crippen LogP contribution in [0.4, 0.5) is 4.39 Å². The molecule has 0 spiro atoms. The molecule has 0 aliphatic heterocycles. The monoisotopic (exact) mass is 370 g/mol. The zero-order valence-corrected chi connectivity index (χ0v) is 14.6. The molecule has 21 heavy (non-hydrogen) atoms. The first kappa shape index (κ1) is 15.2. The first-order valence-electron chi connectivity index (χ1n) is 7.62. The molecule has 5 heteroatoms. The SMILES string of the molecule is CC1CCC(CCn2c(=S)[nH]c3cc(F)c(Br)cc32)CC1. The van der Waals surface area contributed by atoms with Crippen LogP contribution >= 0.6 is 28.1 Å². The van der Waals surface area contributed by atoms with Crippen molar-refractivity contribution >= 4 is 39.2 Å². The maximum Gasteiger partial charge on any atom is 0.178 e. The zero-order chi connectivity index (χ0) is 15.0. The molecule has 1 N–H and O–H groups in total. The maximum atomic E-state index is 13.6. The number of rotatable bonds is 3. The van der Waals surface area contributed by atoms with E-state index in [0.29, 0.717) is 9.24 Å². The summed E-state index contributed by atoms with van der Waals surface area (Å²) in [4.78, 5) is 3.11. The third-order valence-electron chi connectivity index (χ3n) is 4.71. The second kappa shape index (κ2) is 6.21. The topological polar surface area (TPSA) is 20.7 Å². The highest BCUT2D eigenvalue weighted by Crippen LogP contribution is 2.31. The van der Waals surface area contributed by atoms with Crippen molar-refractivity contribution in [3.8, 4) is 0 Å². The Morgan fingerprint density at radius 2 is 2.05 bits per heavy atom. The first-order valence-corrected chi connectivity index (χ1v) is 8.82. The van der Waals surface area contributed by atoms with Crippen LogP contribution in [0.15, 0.2) is 16.6 Å². The molecule has 1 fully saturated rings. The van der Waals surface area contributed by atoms with Gasteiger partial charge in [-0.25, -0.2) is 4.39 Å². The van der Waals surface area contributed by atoms with E-state index in [-0.39, 0.29) is 5.82 Å². The number of aromatic nitrogens is 2. The fourth-order valence-electron chi connectivity index (χ4n) is 3.30. The molecule has 1 saturated carbocycles. The molecule has 0 unspecified atom stereocenters. The predicted octanol–water partition coefficient (Wildman–Crippen LogP) is 5.82. The van der Waals surface area contributed by atoms with E-state index in [2.05, 4.69) is 32.4 Å². The lowest BCUT2D eigenvalue weighted by Crippen LogP contribution is -2.14. The Morgan fingerprint density at radius 1 is 1.33 bits per heavy atom. The standard InChI is InChI=1S/C16H20BrFN2S/c1-10-2-4-11(5-3-10)6-7-20-15-8-12(17)13(18)9-14(15)19-16(20)21/h8-11H,2-7H2,1H3,(H,19,21). The Hall–Kier alpha value is -0.680. The van der Waals surface area contributed by atoms with Gasteiger partial charge in [0.25, 0.3) is 0 Å². The molecule has 0 saturated heterocycles. The smallest absolute Gasteiger partial charge is 0.178 e. The molecule has 0 atom stereocenters. The van der Waals surface area contributed by atoms with Crippen molar-refractivity contribution in [2.24, 2.45) is 11.8 Å². The highest BCUT2D eigenvalue weighted by molar-refractivity contribution is 9.10. The van der Waals surface area contributed by atoms with E-state index in [1.165, 1.54) is 31.7 Å². The number of aromatic amines is 1. The number of H-pyrrole nitrogens is 1. The minimum Gasteiger partial charge on any atom is -0.330 e. The van der Waals surface area contributed by atoms with Gasteiger partial charge in [-0.05, 0) is 52.5 Å².